The van der Waals surface area contributed by atoms with Crippen molar-refractivity contribution in [2.45, 2.75) is 16.2 Å². The molecule has 1 aromatic heterocycles. The SMILES string of the molecule is CSc1cccc(NC(=O)CSc2nnc(Nc3cccc(NC(C)=O)c3)s2)c1. The molecule has 3 rings (SSSR count). The van der Waals surface area contributed by atoms with Crippen molar-refractivity contribution in [2.24, 2.45) is 0 Å². The van der Waals surface area contributed by atoms with Crippen molar-refractivity contribution >= 4 is 68.9 Å². The lowest BCUT2D eigenvalue weighted by Crippen LogP contribution is -2.13. The summed E-state index contributed by atoms with van der Waals surface area (Å²) in [5.74, 6) is 0.0204. The van der Waals surface area contributed by atoms with Gasteiger partial charge in [-0.15, -0.1) is 22.0 Å². The second-order valence-electron chi connectivity index (χ2n) is 5.83. The highest BCUT2D eigenvalue weighted by Gasteiger charge is 2.09. The van der Waals surface area contributed by atoms with E-state index in [0.29, 0.717) is 15.2 Å². The minimum absolute atomic E-state index is 0.0963. The number of rotatable bonds is 8. The number of thioether (sulfide) groups is 2. The van der Waals surface area contributed by atoms with Crippen LogP contribution < -0.4 is 16.0 Å². The molecule has 3 aromatic rings. The van der Waals surface area contributed by atoms with Crippen molar-refractivity contribution < 1.29 is 9.59 Å². The Balaban J connectivity index is 1.52. The van der Waals surface area contributed by atoms with E-state index in [1.165, 1.54) is 30.0 Å². The zero-order valence-corrected chi connectivity index (χ0v) is 18.2. The Morgan fingerprint density at radius 2 is 1.72 bits per heavy atom. The van der Waals surface area contributed by atoms with E-state index in [9.17, 15) is 9.59 Å². The number of nitrogens with one attached hydrogen (secondary N) is 3. The lowest BCUT2D eigenvalue weighted by Gasteiger charge is -2.06. The smallest absolute Gasteiger partial charge is 0.234 e. The van der Waals surface area contributed by atoms with Crippen LogP contribution >= 0.6 is 34.9 Å². The summed E-state index contributed by atoms with van der Waals surface area (Å²) in [5.41, 5.74) is 2.26. The van der Waals surface area contributed by atoms with Crippen LogP contribution in [0.2, 0.25) is 0 Å². The summed E-state index contributed by atoms with van der Waals surface area (Å²) in [6, 6.07) is 15.0. The summed E-state index contributed by atoms with van der Waals surface area (Å²) in [7, 11) is 0. The molecular weight excluding hydrogens is 426 g/mol. The van der Waals surface area contributed by atoms with E-state index in [2.05, 4.69) is 26.1 Å². The Labute approximate surface area is 181 Å². The number of hydrogen-bond donors (Lipinski definition) is 3. The number of nitrogens with zero attached hydrogens (tertiary/aromatic N) is 2. The molecule has 10 heteroatoms. The molecule has 7 nitrogen and oxygen atoms in total. The van der Waals surface area contributed by atoms with Crippen LogP contribution in [0.5, 0.6) is 0 Å². The van der Waals surface area contributed by atoms with Crippen molar-refractivity contribution in [1.29, 1.82) is 0 Å². The van der Waals surface area contributed by atoms with Gasteiger partial charge < -0.3 is 16.0 Å². The van der Waals surface area contributed by atoms with E-state index in [1.54, 1.807) is 11.8 Å². The van der Waals surface area contributed by atoms with Gasteiger partial charge in [-0.2, -0.15) is 0 Å². The molecule has 29 heavy (non-hydrogen) atoms. The normalized spacial score (nSPS) is 10.4. The number of carbonyl (C=O) groups excluding carboxylic acids is 2. The molecule has 0 aliphatic heterocycles. The van der Waals surface area contributed by atoms with Crippen LogP contribution in [0.3, 0.4) is 0 Å². The second kappa shape index (κ2) is 10.3. The molecule has 0 saturated heterocycles. The number of benzene rings is 2. The van der Waals surface area contributed by atoms with Gasteiger partial charge >= 0.3 is 0 Å². The van der Waals surface area contributed by atoms with Gasteiger partial charge in [0.25, 0.3) is 0 Å². The Bertz CT molecular complexity index is 1010. The molecule has 3 N–H and O–H groups in total. The van der Waals surface area contributed by atoms with Crippen molar-refractivity contribution in [2.75, 3.05) is 28.0 Å². The number of anilines is 4. The third-order valence-electron chi connectivity index (χ3n) is 3.52. The first-order valence-electron chi connectivity index (χ1n) is 8.57. The van der Waals surface area contributed by atoms with E-state index in [4.69, 9.17) is 0 Å². The van der Waals surface area contributed by atoms with Gasteiger partial charge in [-0.05, 0) is 42.7 Å². The van der Waals surface area contributed by atoms with Gasteiger partial charge in [0.2, 0.25) is 16.9 Å². The molecule has 1 heterocycles. The summed E-state index contributed by atoms with van der Waals surface area (Å²) < 4.78 is 0.693. The largest absolute Gasteiger partial charge is 0.330 e. The lowest BCUT2D eigenvalue weighted by atomic mass is 10.3. The molecule has 0 spiro atoms. The van der Waals surface area contributed by atoms with Crippen molar-refractivity contribution in [3.8, 4) is 0 Å². The fourth-order valence-corrected chi connectivity index (χ4v) is 4.38. The molecule has 0 aliphatic carbocycles. The lowest BCUT2D eigenvalue weighted by molar-refractivity contribution is -0.114. The van der Waals surface area contributed by atoms with Crippen molar-refractivity contribution in [3.05, 3.63) is 48.5 Å². The van der Waals surface area contributed by atoms with E-state index in [-0.39, 0.29) is 17.6 Å². The second-order valence-corrected chi connectivity index (χ2v) is 8.91. The van der Waals surface area contributed by atoms with E-state index >= 15 is 0 Å². The van der Waals surface area contributed by atoms with Crippen LogP contribution in [0.4, 0.5) is 22.2 Å². The Kier molecular flexibility index (Phi) is 7.50. The summed E-state index contributed by atoms with van der Waals surface area (Å²) in [6.45, 7) is 1.46. The maximum atomic E-state index is 12.2. The summed E-state index contributed by atoms with van der Waals surface area (Å²) in [4.78, 5) is 24.4. The van der Waals surface area contributed by atoms with Gasteiger partial charge in [-0.3, -0.25) is 9.59 Å². The molecule has 0 aliphatic rings. The molecule has 2 aromatic carbocycles. The third-order valence-corrected chi connectivity index (χ3v) is 6.22. The number of amides is 2. The summed E-state index contributed by atoms with van der Waals surface area (Å²) in [6.07, 6.45) is 1.99. The van der Waals surface area contributed by atoms with Gasteiger partial charge in [0.1, 0.15) is 0 Å². The fourth-order valence-electron chi connectivity index (χ4n) is 2.35. The first kappa shape index (κ1) is 21.2. The standard InChI is InChI=1S/C19H19N5O2S3/c1-12(25)20-13-5-3-6-14(9-13)22-18-23-24-19(29-18)28-11-17(26)21-15-7-4-8-16(10-15)27-2/h3-10H,11H2,1-2H3,(H,20,25)(H,21,26)(H,22,23). The molecule has 0 saturated carbocycles. The maximum absolute atomic E-state index is 12.2. The monoisotopic (exact) mass is 445 g/mol. The highest BCUT2D eigenvalue weighted by Crippen LogP contribution is 2.28. The van der Waals surface area contributed by atoms with Crippen LogP contribution in [0.1, 0.15) is 6.92 Å². The van der Waals surface area contributed by atoms with Crippen LogP contribution in [0.15, 0.2) is 57.8 Å². The number of carbonyl (C=O) groups is 2. The maximum Gasteiger partial charge on any atom is 0.234 e. The fraction of sp³-hybridized carbons (Fsp3) is 0.158. The van der Waals surface area contributed by atoms with Crippen LogP contribution in [0, 0.1) is 0 Å². The van der Waals surface area contributed by atoms with Gasteiger partial charge in [0.15, 0.2) is 4.34 Å². The van der Waals surface area contributed by atoms with Crippen LogP contribution in [-0.4, -0.2) is 34.0 Å². The average molecular weight is 446 g/mol. The topological polar surface area (TPSA) is 96.0 Å². The highest BCUT2D eigenvalue weighted by molar-refractivity contribution is 8.01. The van der Waals surface area contributed by atoms with E-state index in [1.807, 2.05) is 54.8 Å². The molecule has 0 unspecified atom stereocenters. The van der Waals surface area contributed by atoms with Crippen molar-refractivity contribution in [3.63, 3.8) is 0 Å². The Hall–Kier alpha value is -2.56. The summed E-state index contributed by atoms with van der Waals surface area (Å²) >= 11 is 4.32. The molecule has 0 fully saturated rings. The Morgan fingerprint density at radius 1 is 1.00 bits per heavy atom. The quantitative estimate of drug-likeness (QED) is 0.433. The Morgan fingerprint density at radius 3 is 2.48 bits per heavy atom. The average Bonchev–Trinajstić information content (AvgIpc) is 3.13. The molecular formula is C19H19N5O2S3. The third kappa shape index (κ3) is 6.77. The molecule has 150 valence electrons. The van der Waals surface area contributed by atoms with Crippen LogP contribution in [-0.2, 0) is 9.59 Å². The van der Waals surface area contributed by atoms with E-state index < -0.39 is 0 Å². The van der Waals surface area contributed by atoms with Crippen LogP contribution in [0.25, 0.3) is 0 Å². The molecule has 2 amide bonds. The van der Waals surface area contributed by atoms with Gasteiger partial charge in [0.05, 0.1) is 5.75 Å². The first-order chi connectivity index (χ1) is 14.0. The predicted octanol–water partition coefficient (Wildman–Crippen LogP) is 4.69. The molecule has 0 atom stereocenters. The van der Waals surface area contributed by atoms with Gasteiger partial charge in [-0.25, -0.2) is 0 Å². The molecule has 0 bridgehead atoms. The van der Waals surface area contributed by atoms with Crippen molar-refractivity contribution in [1.82, 2.24) is 10.2 Å². The highest BCUT2D eigenvalue weighted by atomic mass is 32.2. The number of hydrogen-bond acceptors (Lipinski definition) is 8. The van der Waals surface area contributed by atoms with E-state index in [0.717, 1.165) is 16.3 Å². The van der Waals surface area contributed by atoms with Gasteiger partial charge in [-0.1, -0.05) is 35.2 Å². The predicted molar refractivity (Wildman–Crippen MR) is 122 cm³/mol. The minimum atomic E-state index is -0.129. The zero-order valence-electron chi connectivity index (χ0n) is 15.8. The zero-order chi connectivity index (χ0) is 20.6. The number of aromatic nitrogens is 2. The summed E-state index contributed by atoms with van der Waals surface area (Å²) in [5, 5.41) is 17.6. The molecule has 0 radical (unpaired) electrons. The van der Waals surface area contributed by atoms with Gasteiger partial charge in [0, 0.05) is 28.9 Å². The first-order valence-corrected chi connectivity index (χ1v) is 11.6. The minimum Gasteiger partial charge on any atom is -0.330 e.